The monoisotopic (exact) mass is 299 g/mol. The van der Waals surface area contributed by atoms with E-state index in [1.807, 2.05) is 25.7 Å². The van der Waals surface area contributed by atoms with Crippen molar-refractivity contribution in [2.24, 2.45) is 0 Å². The van der Waals surface area contributed by atoms with Crippen LogP contribution in [0.25, 0.3) is 0 Å². The largest absolute Gasteiger partial charge is 0.444 e. The normalized spacial score (nSPS) is 17.0. The number of rotatable bonds is 7. The molecule has 0 spiro atoms. The number of nitrogens with zero attached hydrogens (tertiary/aromatic N) is 2. The minimum atomic E-state index is -0.404. The van der Waals surface area contributed by atoms with E-state index in [0.29, 0.717) is 0 Å². The molecule has 1 rings (SSSR count). The number of nitrogens with one attached hydrogen (secondary N) is 1. The number of carbonyl (C=O) groups excluding carboxylic acids is 1. The fraction of sp³-hybridized carbons (Fsp3) is 0.938. The number of carbonyl (C=O) groups is 1. The number of hydrogen-bond donors (Lipinski definition) is 1. The second kappa shape index (κ2) is 9.26. The molecule has 21 heavy (non-hydrogen) atoms. The van der Waals surface area contributed by atoms with E-state index in [0.717, 1.165) is 45.8 Å². The highest BCUT2D eigenvalue weighted by Crippen LogP contribution is 2.11. The van der Waals surface area contributed by atoms with E-state index in [1.54, 1.807) is 0 Å². The maximum atomic E-state index is 12.0. The number of unbranched alkanes of at least 4 members (excludes halogenated alkanes) is 1. The van der Waals surface area contributed by atoms with Crippen LogP contribution in [0.15, 0.2) is 0 Å². The summed E-state index contributed by atoms with van der Waals surface area (Å²) in [6.07, 6.45) is 3.51. The van der Waals surface area contributed by atoms with Crippen molar-refractivity contribution in [2.75, 3.05) is 45.8 Å². The summed E-state index contributed by atoms with van der Waals surface area (Å²) in [5.41, 5.74) is -0.404. The van der Waals surface area contributed by atoms with Gasteiger partial charge in [-0.3, -0.25) is 4.90 Å². The molecule has 0 aromatic heterocycles. The molecular formula is C16H33N3O2. The molecule has 0 saturated carbocycles. The van der Waals surface area contributed by atoms with E-state index in [-0.39, 0.29) is 6.09 Å². The molecule has 0 atom stereocenters. The zero-order chi connectivity index (χ0) is 15.7. The van der Waals surface area contributed by atoms with Crippen LogP contribution in [-0.2, 0) is 4.74 Å². The molecule has 1 fully saturated rings. The Bertz CT molecular complexity index is 294. The molecule has 5 heteroatoms. The van der Waals surface area contributed by atoms with Crippen LogP contribution in [0.3, 0.4) is 0 Å². The predicted octanol–water partition coefficient (Wildman–Crippen LogP) is 2.32. The van der Waals surface area contributed by atoms with Crippen LogP contribution in [-0.4, -0.2) is 67.3 Å². The van der Waals surface area contributed by atoms with Gasteiger partial charge in [0.1, 0.15) is 5.60 Å². The molecule has 1 aliphatic heterocycles. The number of ether oxygens (including phenoxy) is 1. The highest BCUT2D eigenvalue weighted by Gasteiger charge is 2.25. The minimum Gasteiger partial charge on any atom is -0.444 e. The third-order valence-electron chi connectivity index (χ3n) is 3.56. The Balaban J connectivity index is 2.10. The van der Waals surface area contributed by atoms with Gasteiger partial charge in [-0.25, -0.2) is 4.79 Å². The van der Waals surface area contributed by atoms with E-state index < -0.39 is 5.60 Å². The maximum Gasteiger partial charge on any atom is 0.410 e. The van der Waals surface area contributed by atoms with E-state index in [9.17, 15) is 4.79 Å². The van der Waals surface area contributed by atoms with Gasteiger partial charge in [0.15, 0.2) is 0 Å². The van der Waals surface area contributed by atoms with Crippen LogP contribution in [0, 0.1) is 0 Å². The highest BCUT2D eigenvalue weighted by molar-refractivity contribution is 5.68. The summed E-state index contributed by atoms with van der Waals surface area (Å²) in [6.45, 7) is 14.7. The SMILES string of the molecule is CCCCNCCCN1CCN(C(=O)OC(C)(C)C)CC1. The van der Waals surface area contributed by atoms with E-state index >= 15 is 0 Å². The molecule has 0 radical (unpaired) electrons. The van der Waals surface area contributed by atoms with Gasteiger partial charge >= 0.3 is 6.09 Å². The summed E-state index contributed by atoms with van der Waals surface area (Å²) in [6, 6.07) is 0. The molecule has 1 aliphatic rings. The lowest BCUT2D eigenvalue weighted by atomic mass is 10.2. The Morgan fingerprint density at radius 2 is 1.71 bits per heavy atom. The van der Waals surface area contributed by atoms with Crippen LogP contribution in [0.1, 0.15) is 47.0 Å². The van der Waals surface area contributed by atoms with Gasteiger partial charge in [-0.05, 0) is 53.2 Å². The first kappa shape index (κ1) is 18.2. The van der Waals surface area contributed by atoms with Gasteiger partial charge in [-0.2, -0.15) is 0 Å². The van der Waals surface area contributed by atoms with E-state index in [2.05, 4.69) is 17.1 Å². The smallest absolute Gasteiger partial charge is 0.410 e. The second-order valence-corrected chi connectivity index (χ2v) is 6.77. The lowest BCUT2D eigenvalue weighted by Crippen LogP contribution is -2.50. The summed E-state index contributed by atoms with van der Waals surface area (Å²) in [7, 11) is 0. The molecule has 0 aromatic rings. The van der Waals surface area contributed by atoms with Crippen LogP contribution < -0.4 is 5.32 Å². The molecule has 1 saturated heterocycles. The van der Waals surface area contributed by atoms with Crippen LogP contribution in [0.5, 0.6) is 0 Å². The molecule has 5 nitrogen and oxygen atoms in total. The lowest BCUT2D eigenvalue weighted by Gasteiger charge is -2.35. The average molecular weight is 299 g/mol. The van der Waals surface area contributed by atoms with Gasteiger partial charge in [0, 0.05) is 26.2 Å². The summed E-state index contributed by atoms with van der Waals surface area (Å²) >= 11 is 0. The Labute approximate surface area is 130 Å². The minimum absolute atomic E-state index is 0.177. The Morgan fingerprint density at radius 1 is 1.10 bits per heavy atom. The fourth-order valence-electron chi connectivity index (χ4n) is 2.33. The number of amides is 1. The molecule has 1 heterocycles. The van der Waals surface area contributed by atoms with Gasteiger partial charge in [0.05, 0.1) is 0 Å². The average Bonchev–Trinajstić information content (AvgIpc) is 2.41. The summed E-state index contributed by atoms with van der Waals surface area (Å²) in [5.74, 6) is 0. The molecular weight excluding hydrogens is 266 g/mol. The second-order valence-electron chi connectivity index (χ2n) is 6.77. The standard InChI is InChI=1S/C16H33N3O2/c1-5-6-8-17-9-7-10-18-11-13-19(14-12-18)15(20)21-16(2,3)4/h17H,5-14H2,1-4H3. The summed E-state index contributed by atoms with van der Waals surface area (Å²) in [5, 5.41) is 3.47. The maximum absolute atomic E-state index is 12.0. The fourth-order valence-corrected chi connectivity index (χ4v) is 2.33. The van der Waals surface area contributed by atoms with Crippen molar-refractivity contribution in [3.05, 3.63) is 0 Å². The van der Waals surface area contributed by atoms with Crippen molar-refractivity contribution in [3.63, 3.8) is 0 Å². The van der Waals surface area contributed by atoms with Gasteiger partial charge in [0.2, 0.25) is 0 Å². The van der Waals surface area contributed by atoms with Gasteiger partial charge in [0.25, 0.3) is 0 Å². The van der Waals surface area contributed by atoms with E-state index in [4.69, 9.17) is 4.74 Å². The first-order valence-electron chi connectivity index (χ1n) is 8.33. The van der Waals surface area contributed by atoms with Crippen molar-refractivity contribution in [2.45, 2.75) is 52.6 Å². The van der Waals surface area contributed by atoms with Crippen molar-refractivity contribution in [1.29, 1.82) is 0 Å². The zero-order valence-electron chi connectivity index (χ0n) is 14.3. The van der Waals surface area contributed by atoms with Crippen LogP contribution in [0.2, 0.25) is 0 Å². The molecule has 1 N–H and O–H groups in total. The molecule has 0 aromatic carbocycles. The predicted molar refractivity (Wildman–Crippen MR) is 86.6 cm³/mol. The Morgan fingerprint density at radius 3 is 2.29 bits per heavy atom. The highest BCUT2D eigenvalue weighted by atomic mass is 16.6. The summed E-state index contributed by atoms with van der Waals surface area (Å²) in [4.78, 5) is 16.2. The zero-order valence-corrected chi connectivity index (χ0v) is 14.3. The quantitative estimate of drug-likeness (QED) is 0.733. The van der Waals surface area contributed by atoms with E-state index in [1.165, 1.54) is 19.3 Å². The first-order chi connectivity index (χ1) is 9.92. The molecule has 1 amide bonds. The molecule has 0 aliphatic carbocycles. The Kier molecular flexibility index (Phi) is 8.04. The first-order valence-corrected chi connectivity index (χ1v) is 8.33. The summed E-state index contributed by atoms with van der Waals surface area (Å²) < 4.78 is 5.41. The van der Waals surface area contributed by atoms with Crippen LogP contribution in [0.4, 0.5) is 4.79 Å². The van der Waals surface area contributed by atoms with Crippen molar-refractivity contribution in [1.82, 2.24) is 15.1 Å². The molecule has 0 bridgehead atoms. The molecule has 0 unspecified atom stereocenters. The van der Waals surface area contributed by atoms with Crippen molar-refractivity contribution in [3.8, 4) is 0 Å². The van der Waals surface area contributed by atoms with Crippen LogP contribution >= 0.6 is 0 Å². The van der Waals surface area contributed by atoms with Crippen molar-refractivity contribution < 1.29 is 9.53 Å². The number of hydrogen-bond acceptors (Lipinski definition) is 4. The van der Waals surface area contributed by atoms with Crippen molar-refractivity contribution >= 4 is 6.09 Å². The molecule has 124 valence electrons. The Hall–Kier alpha value is -0.810. The van der Waals surface area contributed by atoms with Gasteiger partial charge < -0.3 is 15.0 Å². The third-order valence-corrected chi connectivity index (χ3v) is 3.56. The topological polar surface area (TPSA) is 44.8 Å². The lowest BCUT2D eigenvalue weighted by molar-refractivity contribution is 0.0144. The van der Waals surface area contributed by atoms with Gasteiger partial charge in [-0.1, -0.05) is 13.3 Å². The van der Waals surface area contributed by atoms with Gasteiger partial charge in [-0.15, -0.1) is 0 Å². The third kappa shape index (κ3) is 8.27. The number of piperazine rings is 1.